The summed E-state index contributed by atoms with van der Waals surface area (Å²) in [5, 5.41) is 11.5. The maximum absolute atomic E-state index is 12.0. The molecule has 0 saturated carbocycles. The Bertz CT molecular complexity index is 667. The van der Waals surface area contributed by atoms with E-state index in [1.807, 2.05) is 26.0 Å². The van der Waals surface area contributed by atoms with Gasteiger partial charge in [-0.3, -0.25) is 4.79 Å². The lowest BCUT2D eigenvalue weighted by atomic mass is 10.1. The topological polar surface area (TPSA) is 79.5 Å². The van der Waals surface area contributed by atoms with Crippen LogP contribution in [0.5, 0.6) is 0 Å². The van der Waals surface area contributed by atoms with E-state index in [2.05, 4.69) is 21.2 Å². The van der Waals surface area contributed by atoms with Crippen molar-refractivity contribution in [2.75, 3.05) is 5.32 Å². The molecule has 0 fully saturated rings. The van der Waals surface area contributed by atoms with Crippen molar-refractivity contribution in [1.29, 1.82) is 0 Å². The predicted molar refractivity (Wildman–Crippen MR) is 77.2 cm³/mol. The standard InChI is InChI=1S/C14H12BrNO4/c1-7-5-8(2)12(9(15)6-7)16-13(17)10-3-4-11(20-10)14(18)19/h3-6H,1-2H3,(H,16,17)(H,18,19). The number of halogens is 1. The molecule has 1 aromatic heterocycles. The summed E-state index contributed by atoms with van der Waals surface area (Å²) in [4.78, 5) is 22.7. The van der Waals surface area contributed by atoms with Crippen molar-refractivity contribution >= 4 is 33.5 Å². The van der Waals surface area contributed by atoms with Gasteiger partial charge in [0.1, 0.15) is 0 Å². The van der Waals surface area contributed by atoms with Crippen LogP contribution >= 0.6 is 15.9 Å². The van der Waals surface area contributed by atoms with Crippen molar-refractivity contribution in [2.24, 2.45) is 0 Å². The predicted octanol–water partition coefficient (Wildman–Crippen LogP) is 3.61. The van der Waals surface area contributed by atoms with Crippen LogP contribution in [0.4, 0.5) is 5.69 Å². The van der Waals surface area contributed by atoms with Crippen LogP contribution in [0.2, 0.25) is 0 Å². The largest absolute Gasteiger partial charge is 0.475 e. The number of benzene rings is 1. The lowest BCUT2D eigenvalue weighted by molar-refractivity contribution is 0.0660. The maximum Gasteiger partial charge on any atom is 0.371 e. The summed E-state index contributed by atoms with van der Waals surface area (Å²) in [6.45, 7) is 3.83. The van der Waals surface area contributed by atoms with Gasteiger partial charge in [0.05, 0.1) is 5.69 Å². The van der Waals surface area contributed by atoms with Gasteiger partial charge in [-0.1, -0.05) is 6.07 Å². The molecule has 5 nitrogen and oxygen atoms in total. The molecule has 0 radical (unpaired) electrons. The molecule has 104 valence electrons. The average molecular weight is 338 g/mol. The van der Waals surface area contributed by atoms with Gasteiger partial charge in [-0.2, -0.15) is 0 Å². The Morgan fingerprint density at radius 2 is 1.85 bits per heavy atom. The number of hydrogen-bond acceptors (Lipinski definition) is 3. The summed E-state index contributed by atoms with van der Waals surface area (Å²) in [5.74, 6) is -2.02. The summed E-state index contributed by atoms with van der Waals surface area (Å²) in [6, 6.07) is 6.39. The van der Waals surface area contributed by atoms with Gasteiger partial charge < -0.3 is 14.8 Å². The Morgan fingerprint density at radius 3 is 2.40 bits per heavy atom. The summed E-state index contributed by atoms with van der Waals surface area (Å²) in [5.41, 5.74) is 2.60. The van der Waals surface area contributed by atoms with Crippen molar-refractivity contribution in [3.05, 3.63) is 51.4 Å². The van der Waals surface area contributed by atoms with Crippen LogP contribution < -0.4 is 5.32 Å². The summed E-state index contributed by atoms with van der Waals surface area (Å²) >= 11 is 3.39. The fraction of sp³-hybridized carbons (Fsp3) is 0.143. The summed E-state index contributed by atoms with van der Waals surface area (Å²) < 4.78 is 5.71. The highest BCUT2D eigenvalue weighted by atomic mass is 79.9. The molecule has 2 N–H and O–H groups in total. The van der Waals surface area contributed by atoms with Gasteiger partial charge in [-0.05, 0) is 59.1 Å². The van der Waals surface area contributed by atoms with Crippen LogP contribution in [0.1, 0.15) is 32.2 Å². The second-order valence-electron chi connectivity index (χ2n) is 4.36. The smallest absolute Gasteiger partial charge is 0.371 e. The second-order valence-corrected chi connectivity index (χ2v) is 5.22. The Hall–Kier alpha value is -2.08. The Balaban J connectivity index is 2.25. The first-order chi connectivity index (χ1) is 9.38. The van der Waals surface area contributed by atoms with Gasteiger partial charge in [0.25, 0.3) is 5.91 Å². The van der Waals surface area contributed by atoms with E-state index in [4.69, 9.17) is 9.52 Å². The van der Waals surface area contributed by atoms with Crippen molar-refractivity contribution in [1.82, 2.24) is 0 Å². The molecule has 0 atom stereocenters. The molecule has 1 aromatic carbocycles. The van der Waals surface area contributed by atoms with Gasteiger partial charge in [0, 0.05) is 4.47 Å². The lowest BCUT2D eigenvalue weighted by Crippen LogP contribution is -2.12. The van der Waals surface area contributed by atoms with Crippen LogP contribution in [-0.4, -0.2) is 17.0 Å². The SMILES string of the molecule is Cc1cc(C)c(NC(=O)c2ccc(C(=O)O)o2)c(Br)c1. The van der Waals surface area contributed by atoms with Crippen LogP contribution in [0.25, 0.3) is 0 Å². The highest BCUT2D eigenvalue weighted by molar-refractivity contribution is 9.10. The molecule has 0 unspecified atom stereocenters. The van der Waals surface area contributed by atoms with Crippen molar-refractivity contribution in [3.8, 4) is 0 Å². The molecular weight excluding hydrogens is 326 g/mol. The molecular formula is C14H12BrNO4. The maximum atomic E-state index is 12.0. The van der Waals surface area contributed by atoms with Crippen LogP contribution in [0.3, 0.4) is 0 Å². The Morgan fingerprint density at radius 1 is 1.20 bits per heavy atom. The van der Waals surface area contributed by atoms with E-state index in [1.165, 1.54) is 12.1 Å². The number of hydrogen-bond donors (Lipinski definition) is 2. The summed E-state index contributed by atoms with van der Waals surface area (Å²) in [6.07, 6.45) is 0. The first-order valence-corrected chi connectivity index (χ1v) is 6.59. The fourth-order valence-corrected chi connectivity index (χ4v) is 2.60. The number of nitrogens with one attached hydrogen (secondary N) is 1. The van der Waals surface area contributed by atoms with Crippen LogP contribution in [0, 0.1) is 13.8 Å². The quantitative estimate of drug-likeness (QED) is 0.896. The molecule has 1 amide bonds. The van der Waals surface area contributed by atoms with Gasteiger partial charge >= 0.3 is 5.97 Å². The van der Waals surface area contributed by atoms with Crippen molar-refractivity contribution in [3.63, 3.8) is 0 Å². The number of aryl methyl sites for hydroxylation is 2. The molecule has 0 aliphatic heterocycles. The first kappa shape index (κ1) is 14.3. The third-order valence-corrected chi connectivity index (χ3v) is 3.34. The number of amides is 1. The monoisotopic (exact) mass is 337 g/mol. The minimum Gasteiger partial charge on any atom is -0.475 e. The number of furan rings is 1. The van der Waals surface area contributed by atoms with E-state index < -0.39 is 11.9 Å². The molecule has 2 aromatic rings. The van der Waals surface area contributed by atoms with Crippen LogP contribution in [-0.2, 0) is 0 Å². The van der Waals surface area contributed by atoms with Gasteiger partial charge in [0.15, 0.2) is 5.76 Å². The Labute approximate surface area is 123 Å². The third-order valence-electron chi connectivity index (χ3n) is 2.71. The van der Waals surface area contributed by atoms with Crippen LogP contribution in [0.15, 0.2) is 33.2 Å². The number of carboxylic acid groups (broad SMARTS) is 1. The number of anilines is 1. The number of carbonyl (C=O) groups excluding carboxylic acids is 1. The van der Waals surface area contributed by atoms with Gasteiger partial charge in [-0.25, -0.2) is 4.79 Å². The lowest BCUT2D eigenvalue weighted by Gasteiger charge is -2.10. The fourth-order valence-electron chi connectivity index (χ4n) is 1.82. The van der Waals surface area contributed by atoms with E-state index in [1.54, 1.807) is 0 Å². The van der Waals surface area contributed by atoms with Crippen molar-refractivity contribution < 1.29 is 19.1 Å². The Kier molecular flexibility index (Phi) is 3.94. The second kappa shape index (κ2) is 5.50. The van der Waals surface area contributed by atoms with E-state index in [0.717, 1.165) is 15.6 Å². The molecule has 0 aliphatic carbocycles. The number of carboxylic acids is 1. The van der Waals surface area contributed by atoms with E-state index in [9.17, 15) is 9.59 Å². The number of rotatable bonds is 3. The minimum atomic E-state index is -1.21. The van der Waals surface area contributed by atoms with Crippen molar-refractivity contribution in [2.45, 2.75) is 13.8 Å². The number of aromatic carboxylic acids is 1. The molecule has 6 heteroatoms. The number of carbonyl (C=O) groups is 2. The highest BCUT2D eigenvalue weighted by Crippen LogP contribution is 2.28. The molecule has 0 spiro atoms. The molecule has 1 heterocycles. The molecule has 0 saturated heterocycles. The third kappa shape index (κ3) is 2.91. The van der Waals surface area contributed by atoms with E-state index >= 15 is 0 Å². The van der Waals surface area contributed by atoms with E-state index in [0.29, 0.717) is 5.69 Å². The van der Waals surface area contributed by atoms with Gasteiger partial charge in [-0.15, -0.1) is 0 Å². The van der Waals surface area contributed by atoms with Gasteiger partial charge in [0.2, 0.25) is 5.76 Å². The molecule has 0 bridgehead atoms. The molecule has 0 aliphatic rings. The summed E-state index contributed by atoms with van der Waals surface area (Å²) in [7, 11) is 0. The minimum absolute atomic E-state index is 0.0470. The normalized spacial score (nSPS) is 10.3. The highest BCUT2D eigenvalue weighted by Gasteiger charge is 2.16. The zero-order valence-corrected chi connectivity index (χ0v) is 12.4. The molecule has 20 heavy (non-hydrogen) atoms. The first-order valence-electron chi connectivity index (χ1n) is 5.79. The average Bonchev–Trinajstić information content (AvgIpc) is 2.83. The van der Waals surface area contributed by atoms with E-state index in [-0.39, 0.29) is 11.5 Å². The molecule has 2 rings (SSSR count). The zero-order chi connectivity index (χ0) is 14.9. The zero-order valence-electron chi connectivity index (χ0n) is 10.9.